The van der Waals surface area contributed by atoms with Gasteiger partial charge in [-0.3, -0.25) is 24.2 Å². The number of allylic oxidation sites excluding steroid dienone is 1. The molecule has 6 N–H and O–H groups in total. The van der Waals surface area contributed by atoms with E-state index in [-0.39, 0.29) is 29.7 Å². The van der Waals surface area contributed by atoms with E-state index in [1.54, 1.807) is 14.1 Å². The number of aliphatic hydroxyl groups is 3. The highest BCUT2D eigenvalue weighted by molar-refractivity contribution is 6.33. The van der Waals surface area contributed by atoms with Gasteiger partial charge in [-0.25, -0.2) is 0 Å². The van der Waals surface area contributed by atoms with Gasteiger partial charge in [0.2, 0.25) is 5.78 Å². The fourth-order valence-electron chi connectivity index (χ4n) is 7.67. The first-order valence-electron chi connectivity index (χ1n) is 14.8. The Morgan fingerprint density at radius 3 is 2.44 bits per heavy atom. The lowest BCUT2D eigenvalue weighted by Crippen LogP contribution is -2.63. The van der Waals surface area contributed by atoms with Crippen LogP contribution >= 0.6 is 11.6 Å². The number of ketones is 2. The van der Waals surface area contributed by atoms with E-state index in [2.05, 4.69) is 4.90 Å². The highest BCUT2D eigenvalue weighted by Crippen LogP contribution is 2.53. The number of nitrogens with zero attached hydrogens (tertiary/aromatic N) is 2. The lowest BCUT2D eigenvalue weighted by Gasteiger charge is -2.50. The molecular formula is C31H38ClN3O8. The molecule has 5 atom stereocenters. The van der Waals surface area contributed by atoms with Crippen molar-refractivity contribution in [2.45, 2.75) is 50.3 Å². The van der Waals surface area contributed by atoms with Gasteiger partial charge in [0.25, 0.3) is 5.91 Å². The van der Waals surface area contributed by atoms with Crippen LogP contribution in [0.1, 0.15) is 47.2 Å². The first-order valence-corrected chi connectivity index (χ1v) is 15.2. The number of nitrogens with two attached hydrogens (primary N) is 1. The number of phenolic OH excluding ortho intramolecular Hbond substituents is 1. The Morgan fingerprint density at radius 1 is 1.14 bits per heavy atom. The first kappa shape index (κ1) is 30.1. The average Bonchev–Trinajstić information content (AvgIpc) is 3.59. The molecule has 1 saturated carbocycles. The number of hydrogen-bond acceptors (Lipinski definition) is 10. The molecule has 1 unspecified atom stereocenters. The van der Waals surface area contributed by atoms with Crippen LogP contribution in [0.15, 0.2) is 28.7 Å². The summed E-state index contributed by atoms with van der Waals surface area (Å²) < 4.78 is 5.58. The molecule has 6 rings (SSSR count). The number of ether oxygens (including phenoxy) is 1. The van der Waals surface area contributed by atoms with E-state index in [0.717, 1.165) is 32.7 Å². The monoisotopic (exact) mass is 615 g/mol. The van der Waals surface area contributed by atoms with Crippen molar-refractivity contribution in [3.63, 3.8) is 0 Å². The molecule has 1 amide bonds. The van der Waals surface area contributed by atoms with Crippen molar-refractivity contribution in [3.05, 3.63) is 50.4 Å². The number of amides is 1. The molecule has 0 aromatic heterocycles. The van der Waals surface area contributed by atoms with E-state index in [1.807, 2.05) is 0 Å². The summed E-state index contributed by atoms with van der Waals surface area (Å²) in [5, 5.41) is 45.7. The second kappa shape index (κ2) is 10.9. The smallest absolute Gasteiger partial charge is 0.255 e. The Kier molecular flexibility index (Phi) is 7.62. The Morgan fingerprint density at radius 2 is 1.84 bits per heavy atom. The summed E-state index contributed by atoms with van der Waals surface area (Å²) in [5.41, 5.74) is 2.76. The molecule has 1 heterocycles. The van der Waals surface area contributed by atoms with Crippen molar-refractivity contribution in [2.75, 3.05) is 40.4 Å². The van der Waals surface area contributed by atoms with Crippen LogP contribution in [0.2, 0.25) is 5.02 Å². The number of phenols is 1. The SMILES string of the molecule is CN(C)[C@@H]1C(O)=C(C(N)=O)C(=O)[C@@]2(O)C(O)=C3C(=O)c4c(O)cc(CN(CC5CC5)CC5CCOC5)c(Cl)c4C[C@H]3C[C@@H]12. The van der Waals surface area contributed by atoms with Gasteiger partial charge in [0.05, 0.1) is 18.2 Å². The topological polar surface area (TPSA) is 174 Å². The maximum absolute atomic E-state index is 13.9. The zero-order chi connectivity index (χ0) is 31.0. The van der Waals surface area contributed by atoms with Crippen LogP contribution in [0.25, 0.3) is 0 Å². The highest BCUT2D eigenvalue weighted by Gasteiger charge is 2.63. The molecule has 0 radical (unpaired) electrons. The molecule has 1 aromatic carbocycles. The van der Waals surface area contributed by atoms with Crippen LogP contribution in [0.5, 0.6) is 5.75 Å². The quantitative estimate of drug-likeness (QED) is 0.272. The normalized spacial score (nSPS) is 30.7. The lowest BCUT2D eigenvalue weighted by atomic mass is 9.58. The molecule has 1 aliphatic heterocycles. The number of aromatic hydroxyl groups is 1. The number of carbonyl (C=O) groups excluding carboxylic acids is 3. The molecule has 11 nitrogen and oxygen atoms in total. The maximum atomic E-state index is 13.9. The van der Waals surface area contributed by atoms with Crippen LogP contribution in [0.3, 0.4) is 0 Å². The Balaban J connectivity index is 1.39. The Hall–Kier alpha value is -2.96. The molecular weight excluding hydrogens is 578 g/mol. The number of aliphatic hydroxyl groups excluding tert-OH is 2. The average molecular weight is 616 g/mol. The number of carbonyl (C=O) groups is 3. The zero-order valence-corrected chi connectivity index (χ0v) is 25.1. The van der Waals surface area contributed by atoms with E-state index in [4.69, 9.17) is 22.1 Å². The number of primary amides is 1. The van der Waals surface area contributed by atoms with Crippen molar-refractivity contribution < 1.29 is 39.5 Å². The molecule has 1 saturated heterocycles. The predicted molar refractivity (Wildman–Crippen MR) is 156 cm³/mol. The van der Waals surface area contributed by atoms with Crippen molar-refractivity contribution in [2.24, 2.45) is 29.4 Å². The number of benzene rings is 1. The number of likely N-dealkylation sites (N-methyl/N-ethyl adjacent to an activating group) is 1. The van der Waals surface area contributed by atoms with Crippen LogP contribution in [0, 0.1) is 23.7 Å². The summed E-state index contributed by atoms with van der Waals surface area (Å²) in [6, 6.07) is 0.443. The standard InChI is InChI=1S/C31H38ClN3O8/c1-34(2)25-19-8-16-7-18-22(26(37)21(16)28(39)31(19,42)29(40)23(27(25)38)30(33)41)20(36)9-17(24(18)32)12-35(10-14-3-4-14)11-15-5-6-43-13-15/h9,14-16,19,25,36,38-39,42H,3-8,10-13H2,1-2H3,(H2,33,41)/t15?,16-,19-,25-,31-/m0/s1. The summed E-state index contributed by atoms with van der Waals surface area (Å²) in [5.74, 6) is -5.74. The van der Waals surface area contributed by atoms with Crippen LogP contribution < -0.4 is 5.73 Å². The fraction of sp³-hybridized carbons (Fsp3) is 0.581. The van der Waals surface area contributed by atoms with Gasteiger partial charge >= 0.3 is 0 Å². The second-order valence-corrected chi connectivity index (χ2v) is 13.4. The van der Waals surface area contributed by atoms with Gasteiger partial charge in [-0.05, 0) is 81.1 Å². The molecule has 232 valence electrons. The lowest BCUT2D eigenvalue weighted by molar-refractivity contribution is -0.148. The van der Waals surface area contributed by atoms with Crippen molar-refractivity contribution >= 4 is 29.1 Å². The van der Waals surface area contributed by atoms with Gasteiger partial charge in [-0.1, -0.05) is 11.6 Å². The molecule has 0 spiro atoms. The molecule has 1 aromatic rings. The number of Topliss-reactive ketones (excluding diaryl/α,β-unsaturated/α-hetero) is 2. The fourth-order valence-corrected chi connectivity index (χ4v) is 7.96. The summed E-state index contributed by atoms with van der Waals surface area (Å²) in [6.45, 7) is 3.72. The van der Waals surface area contributed by atoms with E-state index >= 15 is 0 Å². The summed E-state index contributed by atoms with van der Waals surface area (Å²) in [6.07, 6.45) is 3.54. The van der Waals surface area contributed by atoms with Crippen molar-refractivity contribution in [1.29, 1.82) is 0 Å². The van der Waals surface area contributed by atoms with Gasteiger partial charge in [-0.15, -0.1) is 0 Å². The third kappa shape index (κ3) is 4.85. The predicted octanol–water partition coefficient (Wildman–Crippen LogP) is 2.02. The number of halogens is 1. The highest BCUT2D eigenvalue weighted by atomic mass is 35.5. The molecule has 5 aliphatic rings. The second-order valence-electron chi connectivity index (χ2n) is 13.1. The van der Waals surface area contributed by atoms with Crippen molar-refractivity contribution in [3.8, 4) is 5.75 Å². The van der Waals surface area contributed by atoms with Gasteiger partial charge < -0.3 is 30.9 Å². The summed E-state index contributed by atoms with van der Waals surface area (Å²) in [4.78, 5) is 43.4. The minimum Gasteiger partial charge on any atom is -0.510 e. The van der Waals surface area contributed by atoms with Gasteiger partial charge in [0, 0.05) is 42.8 Å². The first-order chi connectivity index (χ1) is 20.3. The minimum absolute atomic E-state index is 0.0164. The van der Waals surface area contributed by atoms with Crippen LogP contribution in [-0.4, -0.2) is 99.7 Å². The summed E-state index contributed by atoms with van der Waals surface area (Å²) in [7, 11) is 3.19. The maximum Gasteiger partial charge on any atom is 0.255 e. The Labute approximate surface area is 254 Å². The number of fused-ring (bicyclic) bond motifs is 3. The molecule has 4 aliphatic carbocycles. The molecule has 0 bridgehead atoms. The molecule has 12 heteroatoms. The Bertz CT molecular complexity index is 1460. The van der Waals surface area contributed by atoms with E-state index in [9.17, 15) is 34.8 Å². The number of hydrogen-bond donors (Lipinski definition) is 5. The van der Waals surface area contributed by atoms with Crippen LogP contribution in [0.4, 0.5) is 0 Å². The molecule has 2 fully saturated rings. The third-order valence-electron chi connectivity index (χ3n) is 9.88. The van der Waals surface area contributed by atoms with Crippen LogP contribution in [-0.2, 0) is 27.3 Å². The summed E-state index contributed by atoms with van der Waals surface area (Å²) >= 11 is 6.98. The van der Waals surface area contributed by atoms with E-state index in [0.29, 0.717) is 34.5 Å². The van der Waals surface area contributed by atoms with E-state index in [1.165, 1.54) is 23.8 Å². The van der Waals surface area contributed by atoms with Gasteiger partial charge in [0.1, 0.15) is 22.8 Å². The van der Waals surface area contributed by atoms with Gasteiger partial charge in [0.15, 0.2) is 11.4 Å². The molecule has 43 heavy (non-hydrogen) atoms. The van der Waals surface area contributed by atoms with Gasteiger partial charge in [-0.2, -0.15) is 0 Å². The number of rotatable bonds is 8. The van der Waals surface area contributed by atoms with E-state index < -0.39 is 58.0 Å². The zero-order valence-electron chi connectivity index (χ0n) is 24.3. The minimum atomic E-state index is -2.67. The third-order valence-corrected chi connectivity index (χ3v) is 10.3. The largest absolute Gasteiger partial charge is 0.510 e. The van der Waals surface area contributed by atoms with Crippen molar-refractivity contribution in [1.82, 2.24) is 9.80 Å².